The van der Waals surface area contributed by atoms with Gasteiger partial charge in [-0.1, -0.05) is 20.3 Å². The number of nitrogens with zero attached hydrogens (tertiary/aromatic N) is 1. The Morgan fingerprint density at radius 2 is 2.05 bits per heavy atom. The molecule has 0 amide bonds. The molecule has 1 heterocycles. The summed E-state index contributed by atoms with van der Waals surface area (Å²) in [5, 5.41) is 3.80. The van der Waals surface area contributed by atoms with Crippen LogP contribution in [-0.2, 0) is 9.84 Å². The fourth-order valence-corrected chi connectivity index (χ4v) is 4.32. The first-order chi connectivity index (χ1) is 9.75. The van der Waals surface area contributed by atoms with Gasteiger partial charge in [-0.15, -0.1) is 0 Å². The summed E-state index contributed by atoms with van der Waals surface area (Å²) in [4.78, 5) is 2.56. The molecule has 1 aliphatic heterocycles. The number of hydrogen-bond donors (Lipinski definition) is 1. The van der Waals surface area contributed by atoms with Crippen molar-refractivity contribution in [3.05, 3.63) is 0 Å². The quantitative estimate of drug-likeness (QED) is 0.779. The minimum atomic E-state index is -2.84. The maximum absolute atomic E-state index is 11.4. The molecule has 3 atom stereocenters. The number of piperazine rings is 1. The van der Waals surface area contributed by atoms with Crippen molar-refractivity contribution in [2.75, 3.05) is 31.6 Å². The highest BCUT2D eigenvalue weighted by Gasteiger charge is 2.46. The van der Waals surface area contributed by atoms with Crippen LogP contribution in [0.4, 0.5) is 0 Å². The zero-order chi connectivity index (χ0) is 15.7. The van der Waals surface area contributed by atoms with Gasteiger partial charge in [0.25, 0.3) is 0 Å². The van der Waals surface area contributed by atoms with Gasteiger partial charge >= 0.3 is 0 Å². The molecule has 1 saturated carbocycles. The molecule has 0 aromatic rings. The smallest absolute Gasteiger partial charge is 0.147 e. The first-order valence-electron chi connectivity index (χ1n) is 8.42. The molecule has 3 unspecified atom stereocenters. The lowest BCUT2D eigenvalue weighted by Gasteiger charge is -2.48. The lowest BCUT2D eigenvalue weighted by Crippen LogP contribution is -2.65. The molecule has 1 aliphatic carbocycles. The van der Waals surface area contributed by atoms with Gasteiger partial charge < -0.3 is 5.32 Å². The van der Waals surface area contributed by atoms with Crippen LogP contribution in [0.1, 0.15) is 46.5 Å². The van der Waals surface area contributed by atoms with E-state index in [4.69, 9.17) is 0 Å². The van der Waals surface area contributed by atoms with E-state index < -0.39 is 9.84 Å². The summed E-state index contributed by atoms with van der Waals surface area (Å²) < 4.78 is 22.7. The van der Waals surface area contributed by atoms with E-state index in [2.05, 4.69) is 31.0 Å². The SMILES string of the molecule is CCC(C)C1CNC(C)(C2CC2)CN1CCCS(C)(=O)=O. The van der Waals surface area contributed by atoms with Gasteiger partial charge in [0.15, 0.2) is 0 Å². The summed E-state index contributed by atoms with van der Waals surface area (Å²) in [7, 11) is -2.84. The van der Waals surface area contributed by atoms with Crippen molar-refractivity contribution in [2.45, 2.75) is 58.0 Å². The molecule has 2 fully saturated rings. The first kappa shape index (κ1) is 17.2. The lowest BCUT2D eigenvalue weighted by molar-refractivity contribution is 0.0478. The van der Waals surface area contributed by atoms with Gasteiger partial charge in [-0.3, -0.25) is 4.90 Å². The molecule has 0 spiro atoms. The topological polar surface area (TPSA) is 49.4 Å². The lowest BCUT2D eigenvalue weighted by atomic mass is 9.87. The van der Waals surface area contributed by atoms with E-state index in [0.29, 0.717) is 17.7 Å². The van der Waals surface area contributed by atoms with Crippen molar-refractivity contribution >= 4 is 9.84 Å². The van der Waals surface area contributed by atoms with Crippen LogP contribution in [0.5, 0.6) is 0 Å². The second-order valence-electron chi connectivity index (χ2n) is 7.48. The predicted octanol–water partition coefficient (Wildman–Crippen LogP) is 1.91. The highest BCUT2D eigenvalue weighted by molar-refractivity contribution is 7.90. The van der Waals surface area contributed by atoms with Gasteiger partial charge in [0.1, 0.15) is 9.84 Å². The second kappa shape index (κ2) is 6.55. The van der Waals surface area contributed by atoms with Gasteiger partial charge in [-0.2, -0.15) is 0 Å². The Morgan fingerprint density at radius 1 is 1.38 bits per heavy atom. The van der Waals surface area contributed by atoms with Crippen LogP contribution in [0.3, 0.4) is 0 Å². The van der Waals surface area contributed by atoms with Crippen molar-refractivity contribution in [3.63, 3.8) is 0 Å². The van der Waals surface area contributed by atoms with Gasteiger partial charge in [-0.05, 0) is 44.6 Å². The van der Waals surface area contributed by atoms with Gasteiger partial charge in [0.05, 0.1) is 5.75 Å². The van der Waals surface area contributed by atoms with E-state index in [0.717, 1.165) is 32.0 Å². The third-order valence-corrected chi connectivity index (χ3v) is 6.49. The Hall–Kier alpha value is -0.130. The van der Waals surface area contributed by atoms with Crippen LogP contribution in [-0.4, -0.2) is 56.5 Å². The maximum Gasteiger partial charge on any atom is 0.147 e. The molecule has 21 heavy (non-hydrogen) atoms. The molecule has 1 saturated heterocycles. The fourth-order valence-electron chi connectivity index (χ4n) is 3.66. The van der Waals surface area contributed by atoms with Gasteiger partial charge in [0.2, 0.25) is 0 Å². The Balaban J connectivity index is 1.98. The molecule has 4 nitrogen and oxygen atoms in total. The molecule has 0 bridgehead atoms. The predicted molar refractivity (Wildman–Crippen MR) is 88.3 cm³/mol. The van der Waals surface area contributed by atoms with Crippen LogP contribution in [0, 0.1) is 11.8 Å². The van der Waals surface area contributed by atoms with E-state index in [1.165, 1.54) is 25.5 Å². The monoisotopic (exact) mass is 316 g/mol. The molecule has 5 heteroatoms. The third-order valence-electron chi connectivity index (χ3n) is 5.46. The van der Waals surface area contributed by atoms with Gasteiger partial charge in [-0.25, -0.2) is 8.42 Å². The van der Waals surface area contributed by atoms with E-state index in [9.17, 15) is 8.42 Å². The largest absolute Gasteiger partial charge is 0.308 e. The van der Waals surface area contributed by atoms with Crippen molar-refractivity contribution in [3.8, 4) is 0 Å². The summed E-state index contributed by atoms with van der Waals surface area (Å²) in [6, 6.07) is 0.543. The van der Waals surface area contributed by atoms with Crippen molar-refractivity contribution in [1.29, 1.82) is 0 Å². The van der Waals surface area contributed by atoms with E-state index >= 15 is 0 Å². The average molecular weight is 317 g/mol. The first-order valence-corrected chi connectivity index (χ1v) is 10.5. The minimum absolute atomic E-state index is 0.231. The zero-order valence-corrected chi connectivity index (χ0v) is 14.9. The highest BCUT2D eigenvalue weighted by atomic mass is 32.2. The van der Waals surface area contributed by atoms with Crippen LogP contribution in [0.2, 0.25) is 0 Å². The zero-order valence-electron chi connectivity index (χ0n) is 14.1. The van der Waals surface area contributed by atoms with Crippen LogP contribution in [0.25, 0.3) is 0 Å². The number of rotatable bonds is 7. The Labute approximate surface area is 130 Å². The molecule has 124 valence electrons. The van der Waals surface area contributed by atoms with Crippen LogP contribution >= 0.6 is 0 Å². The summed E-state index contributed by atoms with van der Waals surface area (Å²) in [5.41, 5.74) is 0.231. The highest BCUT2D eigenvalue weighted by Crippen LogP contribution is 2.41. The third kappa shape index (κ3) is 4.67. The van der Waals surface area contributed by atoms with Crippen molar-refractivity contribution < 1.29 is 8.42 Å². The minimum Gasteiger partial charge on any atom is -0.308 e. The Morgan fingerprint density at radius 3 is 2.57 bits per heavy atom. The van der Waals surface area contributed by atoms with Gasteiger partial charge in [0, 0.05) is 30.9 Å². The molecule has 0 aromatic heterocycles. The summed E-state index contributed by atoms with van der Waals surface area (Å²) >= 11 is 0. The molecule has 1 N–H and O–H groups in total. The molecule has 2 rings (SSSR count). The summed E-state index contributed by atoms with van der Waals surface area (Å²) in [6.07, 6.45) is 5.95. The maximum atomic E-state index is 11.4. The van der Waals surface area contributed by atoms with E-state index in [1.807, 2.05) is 0 Å². The molecular formula is C16H32N2O2S. The normalized spacial score (nSPS) is 33.0. The number of hydrogen-bond acceptors (Lipinski definition) is 4. The molecule has 2 aliphatic rings. The van der Waals surface area contributed by atoms with E-state index in [-0.39, 0.29) is 5.54 Å². The molecule has 0 radical (unpaired) electrons. The fraction of sp³-hybridized carbons (Fsp3) is 1.00. The average Bonchev–Trinajstić information content (AvgIpc) is 3.21. The van der Waals surface area contributed by atoms with Crippen LogP contribution in [0.15, 0.2) is 0 Å². The summed E-state index contributed by atoms with van der Waals surface area (Å²) in [5.74, 6) is 1.77. The van der Waals surface area contributed by atoms with Crippen LogP contribution < -0.4 is 5.32 Å². The summed E-state index contributed by atoms with van der Waals surface area (Å²) in [6.45, 7) is 9.92. The van der Waals surface area contributed by atoms with E-state index in [1.54, 1.807) is 0 Å². The number of nitrogens with one attached hydrogen (secondary N) is 1. The van der Waals surface area contributed by atoms with Crippen molar-refractivity contribution in [2.24, 2.45) is 11.8 Å². The Kier molecular flexibility index (Phi) is 5.37. The standard InChI is InChI=1S/C16H32N2O2S/c1-5-13(2)15-11-17-16(3,14-7-8-14)12-18(15)9-6-10-21(4,19)20/h13-15,17H,5-12H2,1-4H3. The molecular weight excluding hydrogens is 284 g/mol. The molecule has 0 aromatic carbocycles. The second-order valence-corrected chi connectivity index (χ2v) is 9.74. The Bertz CT molecular complexity index is 447. The number of sulfone groups is 1. The van der Waals surface area contributed by atoms with Crippen molar-refractivity contribution in [1.82, 2.24) is 10.2 Å².